The van der Waals surface area contributed by atoms with Crippen LogP contribution in [0.4, 0.5) is 10.5 Å². The Labute approximate surface area is 147 Å². The van der Waals surface area contributed by atoms with E-state index in [-0.39, 0.29) is 5.97 Å². The number of carbonyl (C=O) groups excluding carboxylic acids is 2. The summed E-state index contributed by atoms with van der Waals surface area (Å²) in [6.07, 6.45) is 5.25. The fourth-order valence-corrected chi connectivity index (χ4v) is 1.87. The van der Waals surface area contributed by atoms with Crippen LogP contribution in [-0.4, -0.2) is 41.6 Å². The largest absolute Gasteiger partial charge is 0.441 e. The summed E-state index contributed by atoms with van der Waals surface area (Å²) in [5.74, 6) is 0.0790. The van der Waals surface area contributed by atoms with Gasteiger partial charge in [-0.3, -0.25) is 10.1 Å². The van der Waals surface area contributed by atoms with Gasteiger partial charge in [0.15, 0.2) is 0 Å². The van der Waals surface area contributed by atoms with Crippen molar-refractivity contribution < 1.29 is 29.3 Å². The lowest BCUT2D eigenvalue weighted by Gasteiger charge is -2.13. The molecule has 7 heteroatoms. The van der Waals surface area contributed by atoms with Crippen molar-refractivity contribution in [3.63, 3.8) is 0 Å². The first kappa shape index (κ1) is 20.7. The minimum atomic E-state index is -0.965. The van der Waals surface area contributed by atoms with E-state index in [9.17, 15) is 9.59 Å². The Morgan fingerprint density at radius 2 is 1.84 bits per heavy atom. The normalized spacial score (nSPS) is 10.9. The van der Waals surface area contributed by atoms with E-state index in [0.29, 0.717) is 17.9 Å². The van der Waals surface area contributed by atoms with Gasteiger partial charge in [-0.1, -0.05) is 19.1 Å². The number of aliphatic hydroxyl groups is 2. The Bertz CT molecular complexity index is 551. The first-order chi connectivity index (χ1) is 12.1. The molecule has 0 aromatic heterocycles. The number of rotatable bonds is 10. The summed E-state index contributed by atoms with van der Waals surface area (Å²) in [6.45, 7) is 1.13. The number of ether oxygens (including phenoxy) is 2. The minimum absolute atomic E-state index is 0.307. The molecule has 0 aliphatic rings. The Balaban J connectivity index is 2.39. The van der Waals surface area contributed by atoms with E-state index in [1.807, 2.05) is 6.08 Å². The predicted molar refractivity (Wildman–Crippen MR) is 93.4 cm³/mol. The third-order valence-electron chi connectivity index (χ3n) is 3.17. The van der Waals surface area contributed by atoms with Crippen LogP contribution >= 0.6 is 0 Å². The monoisotopic (exact) mass is 351 g/mol. The van der Waals surface area contributed by atoms with Crippen molar-refractivity contribution in [2.24, 2.45) is 0 Å². The van der Waals surface area contributed by atoms with Crippen molar-refractivity contribution in [3.8, 4) is 5.75 Å². The molecule has 0 fully saturated rings. The standard InChI is InChI=1S/C18H25NO6/c1-2-3-4-5-6-7-17(22)24-15-10-8-14(9-11-15)19-18(23)25-16(12-20)13-21/h3-4,8-11,16,20-21H,2,5-7,12-13H2,1H3,(H,19,23)/b4-3-. The number of anilines is 1. The topological polar surface area (TPSA) is 105 Å². The molecule has 0 unspecified atom stereocenters. The van der Waals surface area contributed by atoms with Gasteiger partial charge in [-0.05, 0) is 43.5 Å². The molecule has 1 rings (SSSR count). The third kappa shape index (κ3) is 8.88. The minimum Gasteiger partial charge on any atom is -0.441 e. The van der Waals surface area contributed by atoms with Crippen LogP contribution in [0.2, 0.25) is 0 Å². The van der Waals surface area contributed by atoms with Gasteiger partial charge in [0.05, 0.1) is 13.2 Å². The maximum Gasteiger partial charge on any atom is 0.412 e. The number of nitrogens with one attached hydrogen (secondary N) is 1. The first-order valence-corrected chi connectivity index (χ1v) is 8.24. The van der Waals surface area contributed by atoms with Gasteiger partial charge >= 0.3 is 12.1 Å². The summed E-state index contributed by atoms with van der Waals surface area (Å²) in [4.78, 5) is 23.3. The number of amides is 1. The first-order valence-electron chi connectivity index (χ1n) is 8.24. The summed E-state index contributed by atoms with van der Waals surface area (Å²) < 4.78 is 9.99. The molecule has 25 heavy (non-hydrogen) atoms. The highest BCUT2D eigenvalue weighted by Gasteiger charge is 2.12. The van der Waals surface area contributed by atoms with Crippen molar-refractivity contribution in [3.05, 3.63) is 36.4 Å². The third-order valence-corrected chi connectivity index (χ3v) is 3.17. The second-order valence-electron chi connectivity index (χ2n) is 5.29. The Kier molecular flexibility index (Phi) is 9.96. The highest BCUT2D eigenvalue weighted by atomic mass is 16.6. The molecular formula is C18H25NO6. The van der Waals surface area contributed by atoms with Gasteiger partial charge in [0, 0.05) is 12.1 Å². The van der Waals surface area contributed by atoms with E-state index in [2.05, 4.69) is 18.3 Å². The number of aliphatic hydroxyl groups excluding tert-OH is 2. The summed E-state index contributed by atoms with van der Waals surface area (Å²) in [5.41, 5.74) is 0.434. The predicted octanol–water partition coefficient (Wildman–Crippen LogP) is 2.63. The SMILES string of the molecule is CC/C=C\CCCC(=O)Oc1ccc(NC(=O)OC(CO)CO)cc1. The Hall–Kier alpha value is -2.38. The van der Waals surface area contributed by atoms with Gasteiger partial charge in [-0.25, -0.2) is 4.79 Å². The van der Waals surface area contributed by atoms with Gasteiger partial charge in [-0.15, -0.1) is 0 Å². The zero-order valence-corrected chi connectivity index (χ0v) is 14.3. The van der Waals surface area contributed by atoms with E-state index in [4.69, 9.17) is 19.7 Å². The van der Waals surface area contributed by atoms with Crippen LogP contribution in [0.1, 0.15) is 32.6 Å². The molecule has 3 N–H and O–H groups in total. The van der Waals surface area contributed by atoms with E-state index in [0.717, 1.165) is 19.3 Å². The van der Waals surface area contributed by atoms with E-state index >= 15 is 0 Å². The number of carbonyl (C=O) groups is 2. The van der Waals surface area contributed by atoms with Crippen LogP contribution < -0.4 is 10.1 Å². The molecule has 0 heterocycles. The maximum atomic E-state index is 11.7. The second kappa shape index (κ2) is 12.0. The molecule has 138 valence electrons. The molecule has 0 bridgehead atoms. The quantitative estimate of drug-likeness (QED) is 0.259. The van der Waals surface area contributed by atoms with E-state index < -0.39 is 25.4 Å². The highest BCUT2D eigenvalue weighted by Crippen LogP contribution is 2.17. The Morgan fingerprint density at radius 1 is 1.16 bits per heavy atom. The molecule has 0 spiro atoms. The molecule has 0 radical (unpaired) electrons. The van der Waals surface area contributed by atoms with E-state index in [1.54, 1.807) is 24.3 Å². The van der Waals surface area contributed by atoms with Gasteiger partial charge in [0.25, 0.3) is 0 Å². The van der Waals surface area contributed by atoms with Gasteiger partial charge in [-0.2, -0.15) is 0 Å². The number of allylic oxidation sites excluding steroid dienone is 2. The van der Waals surface area contributed by atoms with Crippen LogP contribution in [0, 0.1) is 0 Å². The lowest BCUT2D eigenvalue weighted by atomic mass is 10.2. The molecule has 0 aliphatic heterocycles. The average Bonchev–Trinajstić information content (AvgIpc) is 2.61. The fraction of sp³-hybridized carbons (Fsp3) is 0.444. The molecular weight excluding hydrogens is 326 g/mol. The molecule has 0 aliphatic carbocycles. The number of unbranched alkanes of at least 4 members (excludes halogenated alkanes) is 1. The van der Waals surface area contributed by atoms with Crippen molar-refractivity contribution >= 4 is 17.7 Å². The summed E-state index contributed by atoms with van der Waals surface area (Å²) in [7, 11) is 0. The average molecular weight is 351 g/mol. The number of hydrogen-bond donors (Lipinski definition) is 3. The van der Waals surface area contributed by atoms with Crippen LogP contribution in [0.5, 0.6) is 5.75 Å². The molecule has 1 aromatic carbocycles. The highest BCUT2D eigenvalue weighted by molar-refractivity contribution is 5.84. The van der Waals surface area contributed by atoms with Crippen molar-refractivity contribution in [2.45, 2.75) is 38.7 Å². The molecule has 0 saturated carbocycles. The second-order valence-corrected chi connectivity index (χ2v) is 5.29. The number of esters is 1. The van der Waals surface area contributed by atoms with Crippen molar-refractivity contribution in [2.75, 3.05) is 18.5 Å². The van der Waals surface area contributed by atoms with Crippen molar-refractivity contribution in [1.82, 2.24) is 0 Å². The molecule has 1 aromatic rings. The smallest absolute Gasteiger partial charge is 0.412 e. The number of hydrogen-bond acceptors (Lipinski definition) is 6. The van der Waals surface area contributed by atoms with Crippen LogP contribution in [-0.2, 0) is 9.53 Å². The Morgan fingerprint density at radius 3 is 2.44 bits per heavy atom. The lowest BCUT2D eigenvalue weighted by molar-refractivity contribution is -0.134. The molecule has 0 saturated heterocycles. The number of benzene rings is 1. The van der Waals surface area contributed by atoms with E-state index in [1.165, 1.54) is 0 Å². The fourth-order valence-electron chi connectivity index (χ4n) is 1.87. The zero-order valence-electron chi connectivity index (χ0n) is 14.3. The van der Waals surface area contributed by atoms with Crippen LogP contribution in [0.15, 0.2) is 36.4 Å². The van der Waals surface area contributed by atoms with Crippen LogP contribution in [0.25, 0.3) is 0 Å². The van der Waals surface area contributed by atoms with Gasteiger partial charge in [0.1, 0.15) is 11.9 Å². The van der Waals surface area contributed by atoms with Crippen molar-refractivity contribution in [1.29, 1.82) is 0 Å². The van der Waals surface area contributed by atoms with Gasteiger partial charge in [0.2, 0.25) is 0 Å². The lowest BCUT2D eigenvalue weighted by Crippen LogP contribution is -2.28. The molecule has 0 atom stereocenters. The zero-order chi connectivity index (χ0) is 18.5. The molecule has 7 nitrogen and oxygen atoms in total. The summed E-state index contributed by atoms with van der Waals surface area (Å²) in [5, 5.41) is 20.1. The van der Waals surface area contributed by atoms with Crippen LogP contribution in [0.3, 0.4) is 0 Å². The van der Waals surface area contributed by atoms with Gasteiger partial charge < -0.3 is 19.7 Å². The molecule has 1 amide bonds. The maximum absolute atomic E-state index is 11.7. The summed E-state index contributed by atoms with van der Waals surface area (Å²) in [6, 6.07) is 6.22. The summed E-state index contributed by atoms with van der Waals surface area (Å²) >= 11 is 0.